The highest BCUT2D eigenvalue weighted by atomic mass is 32.2. The van der Waals surface area contributed by atoms with E-state index in [1.807, 2.05) is 18.2 Å². The number of allylic oxidation sites excluding steroid dienone is 7. The van der Waals surface area contributed by atoms with Gasteiger partial charge in [0, 0.05) is 0 Å². The molecule has 0 aromatic heterocycles. The Bertz CT molecular complexity index is 560. The molecule has 0 amide bonds. The van der Waals surface area contributed by atoms with Gasteiger partial charge in [0.2, 0.25) is 0 Å². The first kappa shape index (κ1) is 16.5. The third kappa shape index (κ3) is 4.53. The second-order valence-corrected chi connectivity index (χ2v) is 5.63. The predicted molar refractivity (Wildman–Crippen MR) is 90.2 cm³/mol. The third-order valence-corrected chi connectivity index (χ3v) is 4.01. The summed E-state index contributed by atoms with van der Waals surface area (Å²) < 4.78 is 13.0. The van der Waals surface area contributed by atoms with Crippen LogP contribution in [-0.2, 0) is 0 Å². The van der Waals surface area contributed by atoms with E-state index < -0.39 is 0 Å². The SMILES string of the molecule is C=C/C=C(\C=C(/C)SC)C(/C)=C(/C)c1ccc(F)cc1. The summed E-state index contributed by atoms with van der Waals surface area (Å²) in [6.07, 6.45) is 8.00. The van der Waals surface area contributed by atoms with Gasteiger partial charge in [-0.05, 0) is 72.4 Å². The Morgan fingerprint density at radius 3 is 2.25 bits per heavy atom. The quantitative estimate of drug-likeness (QED) is 0.599. The van der Waals surface area contributed by atoms with Crippen LogP contribution in [0.15, 0.2) is 65.1 Å². The Hall–Kier alpha value is -1.54. The molecule has 0 nitrogen and oxygen atoms in total. The number of hydrogen-bond donors (Lipinski definition) is 0. The zero-order chi connectivity index (χ0) is 15.1. The molecule has 0 fully saturated rings. The van der Waals surface area contributed by atoms with Gasteiger partial charge in [-0.3, -0.25) is 0 Å². The Morgan fingerprint density at radius 2 is 1.75 bits per heavy atom. The minimum absolute atomic E-state index is 0.209. The van der Waals surface area contributed by atoms with Crippen molar-refractivity contribution in [2.75, 3.05) is 6.26 Å². The maximum Gasteiger partial charge on any atom is 0.123 e. The molecule has 1 rings (SSSR count). The van der Waals surface area contributed by atoms with Crippen molar-refractivity contribution in [1.82, 2.24) is 0 Å². The summed E-state index contributed by atoms with van der Waals surface area (Å²) in [6, 6.07) is 6.60. The second-order valence-electron chi connectivity index (χ2n) is 4.57. The number of benzene rings is 1. The maximum absolute atomic E-state index is 13.0. The lowest BCUT2D eigenvalue weighted by molar-refractivity contribution is 0.627. The van der Waals surface area contributed by atoms with E-state index in [9.17, 15) is 4.39 Å². The van der Waals surface area contributed by atoms with Crippen molar-refractivity contribution < 1.29 is 4.39 Å². The molecule has 0 radical (unpaired) electrons. The van der Waals surface area contributed by atoms with Gasteiger partial charge in [0.15, 0.2) is 0 Å². The fourth-order valence-electron chi connectivity index (χ4n) is 1.82. The van der Waals surface area contributed by atoms with Crippen molar-refractivity contribution in [3.8, 4) is 0 Å². The van der Waals surface area contributed by atoms with E-state index in [2.05, 4.69) is 39.7 Å². The Kier molecular flexibility index (Phi) is 6.53. The first-order valence-corrected chi connectivity index (χ1v) is 7.71. The van der Waals surface area contributed by atoms with Crippen molar-refractivity contribution in [2.24, 2.45) is 0 Å². The molecule has 0 heterocycles. The summed E-state index contributed by atoms with van der Waals surface area (Å²) in [5, 5.41) is 0. The van der Waals surface area contributed by atoms with Crippen LogP contribution in [0.2, 0.25) is 0 Å². The highest BCUT2D eigenvalue weighted by Crippen LogP contribution is 2.26. The van der Waals surface area contributed by atoms with Gasteiger partial charge in [0.1, 0.15) is 5.82 Å². The van der Waals surface area contributed by atoms with Gasteiger partial charge in [-0.1, -0.05) is 30.9 Å². The van der Waals surface area contributed by atoms with Crippen LogP contribution in [0.5, 0.6) is 0 Å². The number of rotatable bonds is 5. The maximum atomic E-state index is 13.0. The van der Waals surface area contributed by atoms with Gasteiger partial charge in [-0.15, -0.1) is 11.8 Å². The molecule has 1 aromatic rings. The molecule has 0 aliphatic rings. The fraction of sp³-hybridized carbons (Fsp3) is 0.222. The van der Waals surface area contributed by atoms with Gasteiger partial charge >= 0.3 is 0 Å². The minimum Gasteiger partial charge on any atom is -0.207 e. The molecule has 0 unspecified atom stereocenters. The van der Waals surface area contributed by atoms with Gasteiger partial charge in [0.05, 0.1) is 0 Å². The van der Waals surface area contributed by atoms with E-state index in [0.717, 1.165) is 16.7 Å². The van der Waals surface area contributed by atoms with Crippen LogP contribution in [0.3, 0.4) is 0 Å². The second kappa shape index (κ2) is 7.91. The zero-order valence-corrected chi connectivity index (χ0v) is 13.4. The molecule has 106 valence electrons. The van der Waals surface area contributed by atoms with Gasteiger partial charge in [-0.25, -0.2) is 4.39 Å². The Balaban J connectivity index is 3.25. The van der Waals surface area contributed by atoms with Crippen molar-refractivity contribution in [2.45, 2.75) is 20.8 Å². The van der Waals surface area contributed by atoms with Gasteiger partial charge in [-0.2, -0.15) is 0 Å². The van der Waals surface area contributed by atoms with Crippen molar-refractivity contribution >= 4 is 17.3 Å². The molecule has 1 aromatic carbocycles. The van der Waals surface area contributed by atoms with Crippen molar-refractivity contribution in [3.63, 3.8) is 0 Å². The topological polar surface area (TPSA) is 0 Å². The molecule has 0 atom stereocenters. The summed E-state index contributed by atoms with van der Waals surface area (Å²) in [7, 11) is 0. The van der Waals surface area contributed by atoms with E-state index in [0.29, 0.717) is 0 Å². The van der Waals surface area contributed by atoms with Crippen LogP contribution in [0.25, 0.3) is 5.57 Å². The van der Waals surface area contributed by atoms with E-state index >= 15 is 0 Å². The van der Waals surface area contributed by atoms with Crippen LogP contribution >= 0.6 is 11.8 Å². The molecular formula is C18H21FS. The Morgan fingerprint density at radius 1 is 1.15 bits per heavy atom. The normalized spacial score (nSPS) is 14.1. The van der Waals surface area contributed by atoms with Crippen molar-refractivity contribution in [1.29, 1.82) is 0 Å². The smallest absolute Gasteiger partial charge is 0.123 e. The standard InChI is InChI=1S/C18H21FS/c1-6-7-17(12-13(2)20-5)15(4)14(3)16-8-10-18(19)11-9-16/h6-12H,1H2,2-5H3/b13-12+,15-14-,17-7+. The average Bonchev–Trinajstić information content (AvgIpc) is 2.46. The summed E-state index contributed by atoms with van der Waals surface area (Å²) in [6.45, 7) is 10.00. The minimum atomic E-state index is -0.209. The first-order valence-electron chi connectivity index (χ1n) is 6.48. The molecule has 0 N–H and O–H groups in total. The van der Waals surface area contributed by atoms with Crippen LogP contribution in [-0.4, -0.2) is 6.26 Å². The summed E-state index contributed by atoms with van der Waals surface area (Å²) >= 11 is 1.72. The highest BCUT2D eigenvalue weighted by Gasteiger charge is 2.05. The molecule has 0 saturated carbocycles. The lowest BCUT2D eigenvalue weighted by atomic mass is 9.96. The highest BCUT2D eigenvalue weighted by molar-refractivity contribution is 8.02. The Labute approximate surface area is 125 Å². The molecule has 0 saturated heterocycles. The fourth-order valence-corrected chi connectivity index (χ4v) is 2.06. The van der Waals surface area contributed by atoms with E-state index in [4.69, 9.17) is 0 Å². The van der Waals surface area contributed by atoms with E-state index in [1.165, 1.54) is 22.6 Å². The summed E-state index contributed by atoms with van der Waals surface area (Å²) in [5.41, 5.74) is 4.48. The van der Waals surface area contributed by atoms with Crippen LogP contribution in [0.1, 0.15) is 26.3 Å². The molecule has 0 aliphatic carbocycles. The molecule has 0 spiro atoms. The lowest BCUT2D eigenvalue weighted by Crippen LogP contribution is -1.90. The van der Waals surface area contributed by atoms with Crippen LogP contribution in [0, 0.1) is 5.82 Å². The zero-order valence-electron chi connectivity index (χ0n) is 12.5. The lowest BCUT2D eigenvalue weighted by Gasteiger charge is -2.10. The average molecular weight is 288 g/mol. The largest absolute Gasteiger partial charge is 0.207 e. The molecule has 0 aliphatic heterocycles. The predicted octanol–water partition coefficient (Wildman–Crippen LogP) is 6.00. The molecular weight excluding hydrogens is 267 g/mol. The molecule has 0 bridgehead atoms. The van der Waals surface area contributed by atoms with E-state index in [1.54, 1.807) is 17.8 Å². The van der Waals surface area contributed by atoms with E-state index in [-0.39, 0.29) is 5.82 Å². The third-order valence-electron chi connectivity index (χ3n) is 3.25. The summed E-state index contributed by atoms with van der Waals surface area (Å²) in [4.78, 5) is 1.24. The first-order chi connectivity index (χ1) is 9.49. The van der Waals surface area contributed by atoms with Crippen molar-refractivity contribution in [3.05, 3.63) is 76.5 Å². The monoisotopic (exact) mass is 288 g/mol. The van der Waals surface area contributed by atoms with Crippen LogP contribution in [0.4, 0.5) is 4.39 Å². The number of thioether (sulfide) groups is 1. The van der Waals surface area contributed by atoms with Crippen LogP contribution < -0.4 is 0 Å². The van der Waals surface area contributed by atoms with Gasteiger partial charge in [0.25, 0.3) is 0 Å². The summed E-state index contributed by atoms with van der Waals surface area (Å²) in [5.74, 6) is -0.209. The number of halogens is 1. The number of hydrogen-bond acceptors (Lipinski definition) is 1. The van der Waals surface area contributed by atoms with Gasteiger partial charge < -0.3 is 0 Å². The molecule has 20 heavy (non-hydrogen) atoms. The molecule has 2 heteroatoms.